The lowest BCUT2D eigenvalue weighted by molar-refractivity contribution is -0.139. The Morgan fingerprint density at radius 2 is 2.06 bits per heavy atom. The van der Waals surface area contributed by atoms with E-state index in [1.54, 1.807) is 0 Å². The number of hydrogen-bond acceptors (Lipinski definition) is 4. The zero-order valence-corrected chi connectivity index (χ0v) is 10.5. The Hall–Kier alpha value is -0.750. The topological polar surface area (TPSA) is 86.6 Å². The number of carbonyl (C=O) groups is 2. The van der Waals surface area contributed by atoms with Crippen LogP contribution in [0.2, 0.25) is 0 Å². The highest BCUT2D eigenvalue weighted by molar-refractivity contribution is 7.99. The van der Waals surface area contributed by atoms with E-state index < -0.39 is 17.6 Å². The van der Waals surface area contributed by atoms with E-state index in [4.69, 9.17) is 5.11 Å². The molecule has 98 valence electrons. The Kier molecular flexibility index (Phi) is 5.77. The van der Waals surface area contributed by atoms with E-state index in [-0.39, 0.29) is 5.75 Å². The summed E-state index contributed by atoms with van der Waals surface area (Å²) in [6.45, 7) is 0. The van der Waals surface area contributed by atoms with Gasteiger partial charge in [-0.1, -0.05) is 19.3 Å². The molecule has 0 aromatic rings. The summed E-state index contributed by atoms with van der Waals surface area (Å²) in [4.78, 5) is 21.0. The Morgan fingerprint density at radius 1 is 1.41 bits per heavy atom. The molecule has 1 rings (SSSR count). The first kappa shape index (κ1) is 14.3. The van der Waals surface area contributed by atoms with Crippen molar-refractivity contribution < 1.29 is 19.8 Å². The summed E-state index contributed by atoms with van der Waals surface area (Å²) in [6.07, 6.45) is 5.21. The van der Waals surface area contributed by atoms with Gasteiger partial charge < -0.3 is 15.5 Å². The van der Waals surface area contributed by atoms with Gasteiger partial charge in [0.15, 0.2) is 0 Å². The molecule has 6 heteroatoms. The highest BCUT2D eigenvalue weighted by atomic mass is 32.2. The minimum atomic E-state index is -1.04. The predicted molar refractivity (Wildman–Crippen MR) is 66.0 cm³/mol. The highest BCUT2D eigenvalue weighted by Gasteiger charge is 2.29. The van der Waals surface area contributed by atoms with Gasteiger partial charge >= 0.3 is 5.97 Å². The smallest absolute Gasteiger partial charge is 0.327 e. The van der Waals surface area contributed by atoms with Crippen molar-refractivity contribution in [2.45, 2.75) is 43.7 Å². The predicted octanol–water partition coefficient (Wildman–Crippen LogP) is 0.614. The highest BCUT2D eigenvalue weighted by Crippen LogP contribution is 2.31. The van der Waals surface area contributed by atoms with E-state index in [0.717, 1.165) is 32.1 Å². The van der Waals surface area contributed by atoms with Crippen molar-refractivity contribution in [3.05, 3.63) is 0 Å². The summed E-state index contributed by atoms with van der Waals surface area (Å²) in [5, 5.41) is 21.3. The summed E-state index contributed by atoms with van der Waals surface area (Å²) in [6, 6.07) is -0.871. The average molecular weight is 261 g/mol. The minimum absolute atomic E-state index is 0.288. The molecule has 1 aliphatic rings. The van der Waals surface area contributed by atoms with Crippen LogP contribution in [0.1, 0.15) is 32.1 Å². The van der Waals surface area contributed by atoms with Crippen LogP contribution in [0.25, 0.3) is 0 Å². The van der Waals surface area contributed by atoms with Crippen molar-refractivity contribution >= 4 is 24.1 Å². The van der Waals surface area contributed by atoms with Gasteiger partial charge in [-0.25, -0.2) is 4.79 Å². The van der Waals surface area contributed by atoms with E-state index in [1.807, 2.05) is 0 Å². The first-order valence-electron chi connectivity index (χ1n) is 5.80. The van der Waals surface area contributed by atoms with Crippen molar-refractivity contribution in [3.8, 4) is 0 Å². The maximum Gasteiger partial charge on any atom is 0.327 e. The number of aliphatic hydroxyl groups is 1. The molecule has 0 radical (unpaired) electrons. The van der Waals surface area contributed by atoms with Gasteiger partial charge in [-0.15, -0.1) is 0 Å². The number of thioether (sulfide) groups is 1. The standard InChI is InChI=1S/C11H19NO4S/c13-8-12-9(10(14)15)6-17-7-11(16)4-2-1-3-5-11/h8-9,16H,1-7H2,(H,12,13)(H,14,15). The molecule has 0 aromatic heterocycles. The van der Waals surface area contributed by atoms with Crippen LogP contribution in [-0.4, -0.2) is 45.7 Å². The quantitative estimate of drug-likeness (QED) is 0.585. The third kappa shape index (κ3) is 4.95. The van der Waals surface area contributed by atoms with Gasteiger partial charge in [0.2, 0.25) is 6.41 Å². The van der Waals surface area contributed by atoms with Crippen LogP contribution in [0.5, 0.6) is 0 Å². The Labute approximate surface area is 105 Å². The molecule has 0 bridgehead atoms. The molecule has 0 aromatic carbocycles. The van der Waals surface area contributed by atoms with Gasteiger partial charge in [-0.05, 0) is 12.8 Å². The maximum absolute atomic E-state index is 10.8. The van der Waals surface area contributed by atoms with E-state index in [9.17, 15) is 14.7 Å². The van der Waals surface area contributed by atoms with E-state index in [1.165, 1.54) is 11.8 Å². The molecule has 17 heavy (non-hydrogen) atoms. The lowest BCUT2D eigenvalue weighted by Crippen LogP contribution is -2.39. The van der Waals surface area contributed by atoms with Gasteiger partial charge in [0, 0.05) is 11.5 Å². The van der Waals surface area contributed by atoms with Gasteiger partial charge in [0.05, 0.1) is 5.60 Å². The molecule has 5 nitrogen and oxygen atoms in total. The van der Waals surface area contributed by atoms with Gasteiger partial charge in [0.1, 0.15) is 6.04 Å². The lowest BCUT2D eigenvalue weighted by Gasteiger charge is -2.31. The van der Waals surface area contributed by atoms with Crippen molar-refractivity contribution in [2.75, 3.05) is 11.5 Å². The van der Waals surface area contributed by atoms with Crippen LogP contribution in [0.3, 0.4) is 0 Å². The normalized spacial score (nSPS) is 20.5. The lowest BCUT2D eigenvalue weighted by atomic mass is 9.86. The number of carboxylic acid groups (broad SMARTS) is 1. The van der Waals surface area contributed by atoms with Crippen LogP contribution in [-0.2, 0) is 9.59 Å². The molecule has 0 aliphatic heterocycles. The molecule has 1 fully saturated rings. The summed E-state index contributed by atoms with van der Waals surface area (Å²) < 4.78 is 0. The van der Waals surface area contributed by atoms with Gasteiger partial charge in [0.25, 0.3) is 0 Å². The molecular weight excluding hydrogens is 242 g/mol. The summed E-state index contributed by atoms with van der Waals surface area (Å²) >= 11 is 1.38. The monoisotopic (exact) mass is 261 g/mol. The number of nitrogens with one attached hydrogen (secondary N) is 1. The fourth-order valence-electron chi connectivity index (χ4n) is 1.99. The molecular formula is C11H19NO4S. The van der Waals surface area contributed by atoms with Crippen LogP contribution < -0.4 is 5.32 Å². The molecule has 1 saturated carbocycles. The molecule has 1 aliphatic carbocycles. The molecule has 1 amide bonds. The number of hydrogen-bond donors (Lipinski definition) is 3. The fourth-order valence-corrected chi connectivity index (χ4v) is 3.25. The summed E-state index contributed by atoms with van der Waals surface area (Å²) in [7, 11) is 0. The van der Waals surface area contributed by atoms with Crippen molar-refractivity contribution in [3.63, 3.8) is 0 Å². The van der Waals surface area contributed by atoms with Gasteiger partial charge in [-0.2, -0.15) is 11.8 Å². The average Bonchev–Trinajstić information content (AvgIpc) is 2.28. The number of amides is 1. The second-order valence-corrected chi connectivity index (χ2v) is 5.51. The molecule has 1 unspecified atom stereocenters. The molecule has 1 atom stereocenters. The maximum atomic E-state index is 10.8. The van der Waals surface area contributed by atoms with E-state index >= 15 is 0 Å². The fraction of sp³-hybridized carbons (Fsp3) is 0.818. The second kappa shape index (κ2) is 6.86. The number of rotatable bonds is 7. The van der Waals surface area contributed by atoms with Crippen molar-refractivity contribution in [2.24, 2.45) is 0 Å². The number of aliphatic carboxylic acids is 1. The first-order chi connectivity index (χ1) is 8.07. The van der Waals surface area contributed by atoms with E-state index in [0.29, 0.717) is 12.2 Å². The van der Waals surface area contributed by atoms with Crippen LogP contribution in [0.4, 0.5) is 0 Å². The third-order valence-electron chi connectivity index (χ3n) is 3.01. The molecule has 0 saturated heterocycles. The third-order valence-corrected chi connectivity index (χ3v) is 4.32. The second-order valence-electron chi connectivity index (χ2n) is 4.48. The van der Waals surface area contributed by atoms with Gasteiger partial charge in [-0.3, -0.25) is 4.79 Å². The number of carbonyl (C=O) groups excluding carboxylic acids is 1. The Balaban J connectivity index is 2.29. The Morgan fingerprint density at radius 3 is 2.59 bits per heavy atom. The first-order valence-corrected chi connectivity index (χ1v) is 6.95. The molecule has 0 heterocycles. The van der Waals surface area contributed by atoms with Crippen LogP contribution in [0.15, 0.2) is 0 Å². The van der Waals surface area contributed by atoms with Crippen molar-refractivity contribution in [1.29, 1.82) is 0 Å². The molecule has 0 spiro atoms. The summed E-state index contributed by atoms with van der Waals surface area (Å²) in [5.41, 5.74) is -0.646. The number of carboxylic acids is 1. The largest absolute Gasteiger partial charge is 0.480 e. The minimum Gasteiger partial charge on any atom is -0.480 e. The van der Waals surface area contributed by atoms with Crippen LogP contribution in [0, 0.1) is 0 Å². The molecule has 3 N–H and O–H groups in total. The SMILES string of the molecule is O=CNC(CSCC1(O)CCCCC1)C(=O)O. The zero-order chi connectivity index (χ0) is 12.7. The van der Waals surface area contributed by atoms with Crippen LogP contribution >= 0.6 is 11.8 Å². The Bertz CT molecular complexity index is 266. The zero-order valence-electron chi connectivity index (χ0n) is 9.72. The van der Waals surface area contributed by atoms with E-state index in [2.05, 4.69) is 5.32 Å². The summed E-state index contributed by atoms with van der Waals surface area (Å²) in [5.74, 6) is -0.214. The van der Waals surface area contributed by atoms with Crippen molar-refractivity contribution in [1.82, 2.24) is 5.32 Å².